The van der Waals surface area contributed by atoms with Crippen LogP contribution in [-0.2, 0) is 12.7 Å². The van der Waals surface area contributed by atoms with E-state index in [1.807, 2.05) is 31.2 Å². The van der Waals surface area contributed by atoms with E-state index in [-0.39, 0.29) is 12.4 Å². The summed E-state index contributed by atoms with van der Waals surface area (Å²) in [5.41, 5.74) is 1.22. The Bertz CT molecular complexity index is 1210. The first-order valence-corrected chi connectivity index (χ1v) is 9.33. The number of carbonyl (C=O) groups is 1. The van der Waals surface area contributed by atoms with Crippen LogP contribution < -0.4 is 5.32 Å². The highest BCUT2D eigenvalue weighted by Crippen LogP contribution is 2.29. The number of furan rings is 1. The van der Waals surface area contributed by atoms with Crippen molar-refractivity contribution in [3.05, 3.63) is 89.4 Å². The van der Waals surface area contributed by atoms with Crippen LogP contribution in [0.2, 0.25) is 0 Å². The van der Waals surface area contributed by atoms with Crippen LogP contribution in [0.15, 0.2) is 71.3 Å². The Morgan fingerprint density at radius 3 is 2.61 bits per heavy atom. The van der Waals surface area contributed by atoms with Crippen LogP contribution in [0.25, 0.3) is 17.3 Å². The molecule has 1 amide bonds. The summed E-state index contributed by atoms with van der Waals surface area (Å²) in [7, 11) is 0. The lowest BCUT2D eigenvalue weighted by molar-refractivity contribution is -0.137. The number of nitrogens with zero attached hydrogens (tertiary/aromatic N) is 3. The molecule has 4 aromatic rings. The summed E-state index contributed by atoms with van der Waals surface area (Å²) in [6.45, 7) is 1.83. The maximum Gasteiger partial charge on any atom is 0.416 e. The van der Waals surface area contributed by atoms with E-state index in [4.69, 9.17) is 4.42 Å². The van der Waals surface area contributed by atoms with Gasteiger partial charge in [-0.1, -0.05) is 24.3 Å². The normalized spacial score (nSPS) is 11.5. The number of aromatic nitrogens is 3. The molecule has 0 aliphatic carbocycles. The summed E-state index contributed by atoms with van der Waals surface area (Å²) in [4.78, 5) is 16.9. The van der Waals surface area contributed by atoms with Gasteiger partial charge in [0.25, 0.3) is 5.91 Å². The summed E-state index contributed by atoms with van der Waals surface area (Å²) in [6.07, 6.45) is -2.97. The van der Waals surface area contributed by atoms with Crippen LogP contribution in [0.1, 0.15) is 27.3 Å². The fourth-order valence-electron chi connectivity index (χ4n) is 3.03. The molecule has 0 saturated heterocycles. The van der Waals surface area contributed by atoms with Crippen molar-refractivity contribution in [3.8, 4) is 17.3 Å². The van der Waals surface area contributed by atoms with Crippen LogP contribution >= 0.6 is 0 Å². The predicted octanol–water partition coefficient (Wildman–Crippen LogP) is 4.78. The Labute approximate surface area is 175 Å². The van der Waals surface area contributed by atoms with Crippen molar-refractivity contribution in [2.75, 3.05) is 0 Å². The van der Waals surface area contributed by atoms with Crippen LogP contribution in [0.5, 0.6) is 0 Å². The van der Waals surface area contributed by atoms with Crippen molar-refractivity contribution < 1.29 is 22.4 Å². The SMILES string of the molecule is Cc1cccc(-n2nc(C(=O)NCc3cccc(C(F)(F)F)c3)nc2-c2ccco2)c1. The molecule has 0 bridgehead atoms. The number of rotatable bonds is 5. The van der Waals surface area contributed by atoms with Crippen molar-refractivity contribution in [2.45, 2.75) is 19.6 Å². The van der Waals surface area contributed by atoms with Crippen LogP contribution in [0.3, 0.4) is 0 Å². The van der Waals surface area contributed by atoms with Crippen molar-refractivity contribution in [2.24, 2.45) is 0 Å². The summed E-state index contributed by atoms with van der Waals surface area (Å²) in [5, 5.41) is 6.87. The zero-order valence-electron chi connectivity index (χ0n) is 16.3. The molecule has 0 aliphatic heterocycles. The lowest BCUT2D eigenvalue weighted by Gasteiger charge is -2.09. The minimum atomic E-state index is -4.45. The molecule has 31 heavy (non-hydrogen) atoms. The quantitative estimate of drug-likeness (QED) is 0.498. The Kier molecular flexibility index (Phi) is 5.33. The fourth-order valence-corrected chi connectivity index (χ4v) is 3.03. The monoisotopic (exact) mass is 426 g/mol. The smallest absolute Gasteiger partial charge is 0.416 e. The van der Waals surface area contributed by atoms with Crippen molar-refractivity contribution in [1.82, 2.24) is 20.1 Å². The Balaban J connectivity index is 1.60. The molecule has 0 aliphatic rings. The third kappa shape index (κ3) is 4.50. The van der Waals surface area contributed by atoms with E-state index in [2.05, 4.69) is 15.4 Å². The highest BCUT2D eigenvalue weighted by atomic mass is 19.4. The van der Waals surface area contributed by atoms with Gasteiger partial charge in [-0.15, -0.1) is 5.10 Å². The Morgan fingerprint density at radius 2 is 1.90 bits per heavy atom. The highest BCUT2D eigenvalue weighted by molar-refractivity contribution is 5.90. The number of nitrogens with one attached hydrogen (secondary N) is 1. The van der Waals surface area contributed by atoms with Gasteiger partial charge in [0.1, 0.15) is 0 Å². The second kappa shape index (κ2) is 8.10. The third-order valence-electron chi connectivity index (χ3n) is 4.51. The summed E-state index contributed by atoms with van der Waals surface area (Å²) >= 11 is 0. The van der Waals surface area contributed by atoms with E-state index in [0.29, 0.717) is 22.8 Å². The average Bonchev–Trinajstić information content (AvgIpc) is 3.41. The van der Waals surface area contributed by atoms with Gasteiger partial charge in [-0.3, -0.25) is 4.79 Å². The van der Waals surface area contributed by atoms with Crippen molar-refractivity contribution in [1.29, 1.82) is 0 Å². The number of hydrogen-bond donors (Lipinski definition) is 1. The maximum absolute atomic E-state index is 12.9. The third-order valence-corrected chi connectivity index (χ3v) is 4.51. The zero-order valence-corrected chi connectivity index (χ0v) is 16.3. The molecule has 2 aromatic carbocycles. The molecule has 2 aromatic heterocycles. The molecule has 0 fully saturated rings. The molecule has 6 nitrogen and oxygen atoms in total. The summed E-state index contributed by atoms with van der Waals surface area (Å²) in [6, 6.07) is 15.6. The molecule has 158 valence electrons. The van der Waals surface area contributed by atoms with Gasteiger partial charge < -0.3 is 9.73 Å². The lowest BCUT2D eigenvalue weighted by Crippen LogP contribution is -2.24. The summed E-state index contributed by atoms with van der Waals surface area (Å²) < 4.78 is 45.6. The molecule has 1 N–H and O–H groups in total. The minimum absolute atomic E-state index is 0.0994. The number of carbonyl (C=O) groups excluding carboxylic acids is 1. The number of hydrogen-bond acceptors (Lipinski definition) is 4. The number of alkyl halides is 3. The van der Waals surface area contributed by atoms with E-state index in [1.54, 1.807) is 12.1 Å². The summed E-state index contributed by atoms with van der Waals surface area (Å²) in [5.74, 6) is 0.0160. The largest absolute Gasteiger partial charge is 0.461 e. The number of benzene rings is 2. The lowest BCUT2D eigenvalue weighted by atomic mass is 10.1. The standard InChI is InChI=1S/C22H17F3N4O2/c1-14-5-2-8-17(11-14)29-20(18-9-4-10-31-18)27-19(28-29)21(30)26-13-15-6-3-7-16(12-15)22(23,24)25/h2-12H,13H2,1H3,(H,26,30). The van der Waals surface area contributed by atoms with Crippen LogP contribution in [0, 0.1) is 6.92 Å². The topological polar surface area (TPSA) is 73.0 Å². The fraction of sp³-hybridized carbons (Fsp3) is 0.136. The molecular weight excluding hydrogens is 409 g/mol. The Hall–Kier alpha value is -3.88. The van der Waals surface area contributed by atoms with E-state index in [0.717, 1.165) is 17.7 Å². The van der Waals surface area contributed by atoms with Gasteiger partial charge in [0.05, 0.1) is 17.5 Å². The van der Waals surface area contributed by atoms with E-state index < -0.39 is 17.6 Å². The van der Waals surface area contributed by atoms with Crippen LogP contribution in [0.4, 0.5) is 13.2 Å². The first-order valence-electron chi connectivity index (χ1n) is 9.33. The van der Waals surface area contributed by atoms with E-state index in [1.165, 1.54) is 23.1 Å². The number of aryl methyl sites for hydroxylation is 1. The number of halogens is 3. The molecule has 0 unspecified atom stereocenters. The van der Waals surface area contributed by atoms with Crippen molar-refractivity contribution >= 4 is 5.91 Å². The second-order valence-electron chi connectivity index (χ2n) is 6.87. The van der Waals surface area contributed by atoms with Crippen LogP contribution in [-0.4, -0.2) is 20.7 Å². The predicted molar refractivity (Wildman–Crippen MR) is 106 cm³/mol. The molecule has 0 atom stereocenters. The second-order valence-corrected chi connectivity index (χ2v) is 6.87. The minimum Gasteiger partial charge on any atom is -0.461 e. The first kappa shape index (κ1) is 20.4. The zero-order chi connectivity index (χ0) is 22.0. The van der Waals surface area contributed by atoms with Gasteiger partial charge in [-0.2, -0.15) is 18.2 Å². The van der Waals surface area contributed by atoms with Gasteiger partial charge in [-0.05, 0) is 54.4 Å². The van der Waals surface area contributed by atoms with Crippen molar-refractivity contribution in [3.63, 3.8) is 0 Å². The van der Waals surface area contributed by atoms with E-state index >= 15 is 0 Å². The molecule has 9 heteroatoms. The van der Waals surface area contributed by atoms with Gasteiger partial charge >= 0.3 is 6.18 Å². The molecule has 4 rings (SSSR count). The highest BCUT2D eigenvalue weighted by Gasteiger charge is 2.30. The molecule has 0 spiro atoms. The van der Waals surface area contributed by atoms with Gasteiger partial charge in [0, 0.05) is 6.54 Å². The number of amides is 1. The Morgan fingerprint density at radius 1 is 1.10 bits per heavy atom. The van der Waals surface area contributed by atoms with Gasteiger partial charge in [-0.25, -0.2) is 4.68 Å². The molecule has 2 heterocycles. The molecule has 0 radical (unpaired) electrons. The average molecular weight is 426 g/mol. The van der Waals surface area contributed by atoms with Gasteiger partial charge in [0.2, 0.25) is 5.82 Å². The molecule has 0 saturated carbocycles. The van der Waals surface area contributed by atoms with E-state index in [9.17, 15) is 18.0 Å². The first-order chi connectivity index (χ1) is 14.8. The molecular formula is C22H17F3N4O2. The van der Waals surface area contributed by atoms with Gasteiger partial charge in [0.15, 0.2) is 11.6 Å². The maximum atomic E-state index is 12.9.